The molecular formula is C22H26IN3O4. The summed E-state index contributed by atoms with van der Waals surface area (Å²) in [5.74, 6) is 0.423. The Balaban J connectivity index is 1.94. The Hall–Kier alpha value is -2.62. The first-order valence-electron chi connectivity index (χ1n) is 9.70. The van der Waals surface area contributed by atoms with Gasteiger partial charge in [-0.3, -0.25) is 9.59 Å². The normalized spacial score (nSPS) is 10.7. The Morgan fingerprint density at radius 1 is 1.10 bits per heavy atom. The van der Waals surface area contributed by atoms with Gasteiger partial charge in [0.25, 0.3) is 0 Å². The van der Waals surface area contributed by atoms with Gasteiger partial charge >= 0.3 is 0 Å². The lowest BCUT2D eigenvalue weighted by Crippen LogP contribution is -2.24. The lowest BCUT2D eigenvalue weighted by atomic mass is 10.2. The number of aryl methyl sites for hydroxylation is 1. The van der Waals surface area contributed by atoms with Gasteiger partial charge in [-0.05, 0) is 72.7 Å². The van der Waals surface area contributed by atoms with E-state index in [1.54, 1.807) is 18.2 Å². The standard InChI is InChI=1S/C22H26IN3O4/c1-4-10-30-22-18(23)11-16(12-19(22)29-5-2)14-24-26-21(28)13-20(27)25-17-8-6-15(3)7-9-17/h6-9,11-12,14H,4-5,10,13H2,1-3H3,(H,25,27)(H,26,28). The van der Waals surface area contributed by atoms with Gasteiger partial charge in [-0.2, -0.15) is 5.10 Å². The molecule has 0 aliphatic heterocycles. The number of carbonyl (C=O) groups excluding carboxylic acids is 2. The predicted molar refractivity (Wildman–Crippen MR) is 126 cm³/mol. The molecule has 7 nitrogen and oxygen atoms in total. The molecule has 2 rings (SSSR count). The maximum Gasteiger partial charge on any atom is 0.249 e. The molecule has 0 unspecified atom stereocenters. The zero-order valence-corrected chi connectivity index (χ0v) is 19.5. The number of anilines is 1. The van der Waals surface area contributed by atoms with E-state index in [-0.39, 0.29) is 6.42 Å². The quantitative estimate of drug-likeness (QED) is 0.211. The minimum Gasteiger partial charge on any atom is -0.490 e. The van der Waals surface area contributed by atoms with E-state index in [4.69, 9.17) is 9.47 Å². The largest absolute Gasteiger partial charge is 0.490 e. The summed E-state index contributed by atoms with van der Waals surface area (Å²) in [6.07, 6.45) is 2.08. The van der Waals surface area contributed by atoms with Crippen LogP contribution in [-0.2, 0) is 9.59 Å². The molecule has 2 N–H and O–H groups in total. The first kappa shape index (κ1) is 23.7. The van der Waals surface area contributed by atoms with E-state index in [0.717, 1.165) is 21.1 Å². The van der Waals surface area contributed by atoms with Crippen molar-refractivity contribution in [2.75, 3.05) is 18.5 Å². The number of nitrogens with zero attached hydrogens (tertiary/aromatic N) is 1. The highest BCUT2D eigenvalue weighted by molar-refractivity contribution is 14.1. The molecule has 0 aliphatic carbocycles. The van der Waals surface area contributed by atoms with Crippen LogP contribution in [0.3, 0.4) is 0 Å². The number of hydrogen-bond acceptors (Lipinski definition) is 5. The molecule has 2 amide bonds. The fraction of sp³-hybridized carbons (Fsp3) is 0.318. The van der Waals surface area contributed by atoms with Crippen LogP contribution in [0.25, 0.3) is 0 Å². The van der Waals surface area contributed by atoms with Gasteiger partial charge in [0.05, 0.1) is 23.0 Å². The molecule has 0 aromatic heterocycles. The number of hydrogen-bond donors (Lipinski definition) is 2. The van der Waals surface area contributed by atoms with Crippen molar-refractivity contribution in [2.45, 2.75) is 33.6 Å². The van der Waals surface area contributed by atoms with Gasteiger partial charge in [0.2, 0.25) is 11.8 Å². The van der Waals surface area contributed by atoms with Crippen LogP contribution in [0.4, 0.5) is 5.69 Å². The van der Waals surface area contributed by atoms with E-state index in [2.05, 4.69) is 38.4 Å². The van der Waals surface area contributed by atoms with Crippen LogP contribution in [-0.4, -0.2) is 31.2 Å². The van der Waals surface area contributed by atoms with Gasteiger partial charge in [-0.15, -0.1) is 0 Å². The molecular weight excluding hydrogens is 497 g/mol. The maximum absolute atomic E-state index is 12.0. The third kappa shape index (κ3) is 7.66. The third-order valence-corrected chi connectivity index (χ3v) is 4.64. The average molecular weight is 523 g/mol. The summed E-state index contributed by atoms with van der Waals surface area (Å²) < 4.78 is 12.3. The number of benzene rings is 2. The highest BCUT2D eigenvalue weighted by atomic mass is 127. The van der Waals surface area contributed by atoms with E-state index in [9.17, 15) is 9.59 Å². The number of amides is 2. The molecule has 0 bridgehead atoms. The van der Waals surface area contributed by atoms with Crippen molar-refractivity contribution in [3.05, 3.63) is 51.1 Å². The summed E-state index contributed by atoms with van der Waals surface area (Å²) in [4.78, 5) is 23.9. The van der Waals surface area contributed by atoms with Crippen molar-refractivity contribution in [1.82, 2.24) is 5.43 Å². The maximum atomic E-state index is 12.0. The van der Waals surface area contributed by atoms with Crippen LogP contribution < -0.4 is 20.2 Å². The molecule has 0 radical (unpaired) electrons. The second-order valence-electron chi connectivity index (χ2n) is 6.50. The molecule has 2 aromatic rings. The molecule has 0 saturated heterocycles. The Labute approximate surface area is 190 Å². The van der Waals surface area contributed by atoms with Crippen molar-refractivity contribution in [1.29, 1.82) is 0 Å². The summed E-state index contributed by atoms with van der Waals surface area (Å²) in [5.41, 5.74) is 4.85. The number of nitrogens with one attached hydrogen (secondary N) is 2. The monoisotopic (exact) mass is 523 g/mol. The van der Waals surface area contributed by atoms with Crippen LogP contribution in [0.15, 0.2) is 41.5 Å². The Bertz CT molecular complexity index is 898. The van der Waals surface area contributed by atoms with E-state index in [1.165, 1.54) is 6.21 Å². The number of carbonyl (C=O) groups is 2. The molecule has 8 heteroatoms. The van der Waals surface area contributed by atoms with Gasteiger partial charge in [0, 0.05) is 5.69 Å². The van der Waals surface area contributed by atoms with Crippen molar-refractivity contribution >= 4 is 46.3 Å². The summed E-state index contributed by atoms with van der Waals surface area (Å²) in [6, 6.07) is 11.0. The summed E-state index contributed by atoms with van der Waals surface area (Å²) in [7, 11) is 0. The van der Waals surface area contributed by atoms with Crippen LogP contribution in [0.2, 0.25) is 0 Å². The Morgan fingerprint density at radius 3 is 2.50 bits per heavy atom. The van der Waals surface area contributed by atoms with Crippen molar-refractivity contribution < 1.29 is 19.1 Å². The Kier molecular flexibility index (Phi) is 9.59. The summed E-state index contributed by atoms with van der Waals surface area (Å²) in [6.45, 7) is 7.01. The van der Waals surface area contributed by atoms with Crippen LogP contribution in [0, 0.1) is 10.5 Å². The number of halogens is 1. The SMILES string of the molecule is CCCOc1c(I)cc(C=NNC(=O)CC(=O)Nc2ccc(C)cc2)cc1OCC. The zero-order valence-electron chi connectivity index (χ0n) is 17.3. The number of hydrazone groups is 1. The topological polar surface area (TPSA) is 89.0 Å². The highest BCUT2D eigenvalue weighted by Gasteiger charge is 2.12. The second-order valence-corrected chi connectivity index (χ2v) is 7.66. The molecule has 30 heavy (non-hydrogen) atoms. The lowest BCUT2D eigenvalue weighted by molar-refractivity contribution is -0.126. The molecule has 0 saturated carbocycles. The minimum absolute atomic E-state index is 0.323. The van der Waals surface area contributed by atoms with Gasteiger partial charge in [0.15, 0.2) is 11.5 Å². The van der Waals surface area contributed by atoms with E-state index < -0.39 is 11.8 Å². The summed E-state index contributed by atoms with van der Waals surface area (Å²) >= 11 is 2.18. The van der Waals surface area contributed by atoms with E-state index in [0.29, 0.717) is 30.4 Å². The van der Waals surface area contributed by atoms with Crippen LogP contribution in [0.5, 0.6) is 11.5 Å². The van der Waals surface area contributed by atoms with Crippen molar-refractivity contribution in [2.24, 2.45) is 5.10 Å². The fourth-order valence-corrected chi connectivity index (χ4v) is 3.26. The molecule has 2 aromatic carbocycles. The first-order chi connectivity index (χ1) is 14.4. The molecule has 0 heterocycles. The van der Waals surface area contributed by atoms with Crippen LogP contribution in [0.1, 0.15) is 37.8 Å². The minimum atomic E-state index is -0.501. The zero-order chi connectivity index (χ0) is 21.9. The van der Waals surface area contributed by atoms with E-state index in [1.807, 2.05) is 39.0 Å². The molecule has 160 valence electrons. The molecule has 0 fully saturated rings. The fourth-order valence-electron chi connectivity index (χ4n) is 2.48. The van der Waals surface area contributed by atoms with Gasteiger partial charge in [-0.25, -0.2) is 5.43 Å². The lowest BCUT2D eigenvalue weighted by Gasteiger charge is -2.14. The third-order valence-electron chi connectivity index (χ3n) is 3.84. The van der Waals surface area contributed by atoms with Gasteiger partial charge in [-0.1, -0.05) is 24.6 Å². The summed E-state index contributed by atoms with van der Waals surface area (Å²) in [5, 5.41) is 6.62. The molecule has 0 atom stereocenters. The predicted octanol–water partition coefficient (Wildman–Crippen LogP) is 4.27. The smallest absolute Gasteiger partial charge is 0.249 e. The van der Waals surface area contributed by atoms with Gasteiger partial charge < -0.3 is 14.8 Å². The van der Waals surface area contributed by atoms with Crippen molar-refractivity contribution in [3.63, 3.8) is 0 Å². The second kappa shape index (κ2) is 12.2. The Morgan fingerprint density at radius 2 is 1.83 bits per heavy atom. The van der Waals surface area contributed by atoms with E-state index >= 15 is 0 Å². The van der Waals surface area contributed by atoms with Crippen molar-refractivity contribution in [3.8, 4) is 11.5 Å². The average Bonchev–Trinajstić information content (AvgIpc) is 2.69. The highest BCUT2D eigenvalue weighted by Crippen LogP contribution is 2.34. The first-order valence-corrected chi connectivity index (χ1v) is 10.8. The van der Waals surface area contributed by atoms with Crippen LogP contribution >= 0.6 is 22.6 Å². The van der Waals surface area contributed by atoms with Gasteiger partial charge in [0.1, 0.15) is 6.42 Å². The number of rotatable bonds is 10. The molecule has 0 spiro atoms. The molecule has 0 aliphatic rings. The number of ether oxygens (including phenoxy) is 2.